The molecule has 5 heteroatoms. The Labute approximate surface area is 122 Å². The van der Waals surface area contributed by atoms with Crippen LogP contribution < -0.4 is 4.90 Å². The number of hydrogen-bond donors (Lipinski definition) is 0. The number of nitrogens with zero attached hydrogens (tertiary/aromatic N) is 3. The summed E-state index contributed by atoms with van der Waals surface area (Å²) in [7, 11) is 0. The second kappa shape index (κ2) is 5.63. The third-order valence-electron chi connectivity index (χ3n) is 3.52. The van der Waals surface area contributed by atoms with Crippen molar-refractivity contribution in [2.75, 3.05) is 31.1 Å². The van der Waals surface area contributed by atoms with E-state index in [4.69, 9.17) is 0 Å². The zero-order valence-corrected chi connectivity index (χ0v) is 12.3. The molecule has 0 saturated carbocycles. The molecule has 0 bridgehead atoms. The molecule has 1 aliphatic heterocycles. The summed E-state index contributed by atoms with van der Waals surface area (Å²) in [5.41, 5.74) is 1.23. The first-order valence-electron chi connectivity index (χ1n) is 6.76. The number of carbonyl (C=O) groups is 1. The summed E-state index contributed by atoms with van der Waals surface area (Å²) in [6.07, 6.45) is 1.69. The van der Waals surface area contributed by atoms with E-state index < -0.39 is 0 Å². The Balaban J connectivity index is 1.63. The van der Waals surface area contributed by atoms with Gasteiger partial charge in [-0.3, -0.25) is 4.79 Å². The number of benzene rings is 1. The molecule has 104 valence electrons. The largest absolute Gasteiger partial charge is 0.368 e. The molecule has 1 saturated heterocycles. The Morgan fingerprint density at radius 1 is 1.15 bits per heavy atom. The number of aryl methyl sites for hydroxylation is 1. The van der Waals surface area contributed by atoms with Crippen molar-refractivity contribution in [3.05, 3.63) is 46.4 Å². The van der Waals surface area contributed by atoms with Gasteiger partial charge in [0.2, 0.25) is 0 Å². The van der Waals surface area contributed by atoms with Crippen molar-refractivity contribution < 1.29 is 4.79 Å². The summed E-state index contributed by atoms with van der Waals surface area (Å²) < 4.78 is 0. The first-order valence-corrected chi connectivity index (χ1v) is 7.57. The highest BCUT2D eigenvalue weighted by Gasteiger charge is 2.23. The van der Waals surface area contributed by atoms with Crippen LogP contribution in [0.1, 0.15) is 14.7 Å². The Morgan fingerprint density at radius 3 is 2.45 bits per heavy atom. The van der Waals surface area contributed by atoms with Crippen LogP contribution in [0.3, 0.4) is 0 Å². The van der Waals surface area contributed by atoms with Gasteiger partial charge in [0.05, 0.1) is 11.2 Å². The van der Waals surface area contributed by atoms with Crippen molar-refractivity contribution in [1.29, 1.82) is 0 Å². The standard InChI is InChI=1S/C15H17N3OS/c1-12-16-11-14(20-12)15(19)18-9-7-17(8-10-18)13-5-3-2-4-6-13/h2-6,11H,7-10H2,1H3. The van der Waals surface area contributed by atoms with Crippen LogP contribution in [0.2, 0.25) is 0 Å². The van der Waals surface area contributed by atoms with E-state index in [1.165, 1.54) is 17.0 Å². The molecule has 1 aliphatic rings. The van der Waals surface area contributed by atoms with Crippen molar-refractivity contribution in [2.24, 2.45) is 0 Å². The van der Waals surface area contributed by atoms with Crippen LogP contribution in [0.15, 0.2) is 36.5 Å². The van der Waals surface area contributed by atoms with Crippen LogP contribution >= 0.6 is 11.3 Å². The van der Waals surface area contributed by atoms with Gasteiger partial charge in [-0.25, -0.2) is 4.98 Å². The van der Waals surface area contributed by atoms with Crippen LogP contribution in [-0.2, 0) is 0 Å². The van der Waals surface area contributed by atoms with Gasteiger partial charge in [-0.1, -0.05) is 18.2 Å². The third-order valence-corrected chi connectivity index (χ3v) is 4.42. The van der Waals surface area contributed by atoms with Crippen molar-refractivity contribution >= 4 is 22.9 Å². The molecular weight excluding hydrogens is 270 g/mol. The maximum atomic E-state index is 12.3. The second-order valence-corrected chi connectivity index (χ2v) is 6.09. The zero-order valence-electron chi connectivity index (χ0n) is 11.5. The molecule has 0 radical (unpaired) electrons. The van der Waals surface area contributed by atoms with Crippen molar-refractivity contribution in [1.82, 2.24) is 9.88 Å². The second-order valence-electron chi connectivity index (χ2n) is 4.86. The summed E-state index contributed by atoms with van der Waals surface area (Å²) in [6.45, 7) is 5.23. The number of anilines is 1. The molecule has 0 N–H and O–H groups in total. The minimum absolute atomic E-state index is 0.114. The number of carbonyl (C=O) groups excluding carboxylic acids is 1. The fourth-order valence-corrected chi connectivity index (χ4v) is 3.17. The molecule has 4 nitrogen and oxygen atoms in total. The van der Waals surface area contributed by atoms with E-state index in [0.717, 1.165) is 36.1 Å². The molecule has 2 aromatic rings. The first-order chi connectivity index (χ1) is 9.74. The maximum absolute atomic E-state index is 12.3. The van der Waals surface area contributed by atoms with Gasteiger partial charge in [0, 0.05) is 31.9 Å². The van der Waals surface area contributed by atoms with Crippen LogP contribution in [-0.4, -0.2) is 42.0 Å². The molecule has 0 aliphatic carbocycles. The number of aromatic nitrogens is 1. The summed E-state index contributed by atoms with van der Waals surface area (Å²) >= 11 is 1.47. The van der Waals surface area contributed by atoms with Crippen LogP contribution in [0.5, 0.6) is 0 Å². The van der Waals surface area contributed by atoms with E-state index in [9.17, 15) is 4.79 Å². The summed E-state index contributed by atoms with van der Waals surface area (Å²) in [5.74, 6) is 0.114. The molecule has 0 unspecified atom stereocenters. The lowest BCUT2D eigenvalue weighted by Crippen LogP contribution is -2.48. The first kappa shape index (κ1) is 13.1. The number of para-hydroxylation sites is 1. The molecular formula is C15H17N3OS. The monoisotopic (exact) mass is 287 g/mol. The number of hydrogen-bond acceptors (Lipinski definition) is 4. The number of piperazine rings is 1. The number of thiazole rings is 1. The van der Waals surface area contributed by atoms with Gasteiger partial charge in [0.1, 0.15) is 4.88 Å². The molecule has 1 aromatic carbocycles. The Hall–Kier alpha value is -1.88. The SMILES string of the molecule is Cc1ncc(C(=O)N2CCN(c3ccccc3)CC2)s1. The molecule has 1 aromatic heterocycles. The minimum Gasteiger partial charge on any atom is -0.368 e. The fraction of sp³-hybridized carbons (Fsp3) is 0.333. The Kier molecular flexibility index (Phi) is 3.69. The van der Waals surface area contributed by atoms with Gasteiger partial charge in [-0.2, -0.15) is 0 Å². The highest BCUT2D eigenvalue weighted by atomic mass is 32.1. The average Bonchev–Trinajstić information content (AvgIpc) is 2.94. The molecule has 1 amide bonds. The minimum atomic E-state index is 0.114. The number of amides is 1. The lowest BCUT2D eigenvalue weighted by Gasteiger charge is -2.35. The average molecular weight is 287 g/mol. The van der Waals surface area contributed by atoms with Crippen molar-refractivity contribution in [2.45, 2.75) is 6.92 Å². The van der Waals surface area contributed by atoms with Gasteiger partial charge < -0.3 is 9.80 Å². The quantitative estimate of drug-likeness (QED) is 0.851. The molecule has 0 spiro atoms. The lowest BCUT2D eigenvalue weighted by atomic mass is 10.2. The van der Waals surface area contributed by atoms with Crippen molar-refractivity contribution in [3.8, 4) is 0 Å². The summed E-state index contributed by atoms with van der Waals surface area (Å²) in [4.78, 5) is 21.5. The summed E-state index contributed by atoms with van der Waals surface area (Å²) in [5, 5.41) is 0.941. The molecule has 1 fully saturated rings. The molecule has 0 atom stereocenters. The van der Waals surface area contributed by atoms with Crippen molar-refractivity contribution in [3.63, 3.8) is 0 Å². The van der Waals surface area contributed by atoms with Crippen LogP contribution in [0.25, 0.3) is 0 Å². The van der Waals surface area contributed by atoms with Gasteiger partial charge in [-0.15, -0.1) is 11.3 Å². The molecule has 2 heterocycles. The van der Waals surface area contributed by atoms with Gasteiger partial charge in [0.15, 0.2) is 0 Å². The fourth-order valence-electron chi connectivity index (χ4n) is 2.42. The predicted molar refractivity (Wildman–Crippen MR) is 81.4 cm³/mol. The van der Waals surface area contributed by atoms with Gasteiger partial charge in [-0.05, 0) is 19.1 Å². The Bertz CT molecular complexity index is 588. The Morgan fingerprint density at radius 2 is 1.85 bits per heavy atom. The maximum Gasteiger partial charge on any atom is 0.265 e. The zero-order chi connectivity index (χ0) is 13.9. The van der Waals surface area contributed by atoms with E-state index in [-0.39, 0.29) is 5.91 Å². The highest BCUT2D eigenvalue weighted by molar-refractivity contribution is 7.13. The highest BCUT2D eigenvalue weighted by Crippen LogP contribution is 2.18. The topological polar surface area (TPSA) is 36.4 Å². The lowest BCUT2D eigenvalue weighted by molar-refractivity contribution is 0.0751. The number of rotatable bonds is 2. The predicted octanol–water partition coefficient (Wildman–Crippen LogP) is 2.41. The van der Waals surface area contributed by atoms with E-state index in [1.807, 2.05) is 30.0 Å². The molecule has 20 heavy (non-hydrogen) atoms. The van der Waals surface area contributed by atoms with E-state index in [0.29, 0.717) is 0 Å². The smallest absolute Gasteiger partial charge is 0.265 e. The normalized spacial score (nSPS) is 15.4. The van der Waals surface area contributed by atoms with Crippen LogP contribution in [0.4, 0.5) is 5.69 Å². The van der Waals surface area contributed by atoms with Gasteiger partial charge >= 0.3 is 0 Å². The van der Waals surface area contributed by atoms with Crippen LogP contribution in [0, 0.1) is 6.92 Å². The molecule has 3 rings (SSSR count). The van der Waals surface area contributed by atoms with E-state index in [2.05, 4.69) is 22.0 Å². The van der Waals surface area contributed by atoms with E-state index in [1.54, 1.807) is 6.20 Å². The third kappa shape index (κ3) is 2.67. The summed E-state index contributed by atoms with van der Waals surface area (Å²) in [6, 6.07) is 10.4. The van der Waals surface area contributed by atoms with Gasteiger partial charge in [0.25, 0.3) is 5.91 Å². The van der Waals surface area contributed by atoms with E-state index >= 15 is 0 Å².